The van der Waals surface area contributed by atoms with E-state index < -0.39 is 0 Å². The summed E-state index contributed by atoms with van der Waals surface area (Å²) in [5.74, 6) is 0. The Morgan fingerprint density at radius 1 is 0.657 bits per heavy atom. The van der Waals surface area contributed by atoms with E-state index in [-0.39, 0.29) is 26.2 Å². The molecule has 0 nitrogen and oxygen atoms in total. The van der Waals surface area contributed by atoms with Gasteiger partial charge in [0.1, 0.15) is 0 Å². The fourth-order valence-corrected chi connectivity index (χ4v) is 4.92. The summed E-state index contributed by atoms with van der Waals surface area (Å²) in [5.41, 5.74) is 7.85. The van der Waals surface area contributed by atoms with Crippen LogP contribution in [-0.4, -0.2) is 0 Å². The zero-order valence-corrected chi connectivity index (χ0v) is 24.6. The maximum absolute atomic E-state index is 3.75. The van der Waals surface area contributed by atoms with E-state index in [2.05, 4.69) is 86.7 Å². The molecule has 2 aromatic rings. The first-order chi connectivity index (χ1) is 16.8. The molecule has 0 atom stereocenters. The average molecular weight is 544 g/mol. The van der Waals surface area contributed by atoms with Crippen molar-refractivity contribution in [3.63, 3.8) is 0 Å². The van der Waals surface area contributed by atoms with Crippen LogP contribution in [0.4, 0.5) is 0 Å². The molecule has 2 fully saturated rings. The fourth-order valence-electron chi connectivity index (χ4n) is 4.92. The Labute approximate surface area is 235 Å². The van der Waals surface area contributed by atoms with Gasteiger partial charge in [-0.25, -0.2) is 6.08 Å². The molecule has 182 valence electrons. The van der Waals surface area contributed by atoms with Crippen LogP contribution < -0.4 is 0 Å². The molecular formula is C34H44Zr+2. The van der Waals surface area contributed by atoms with Gasteiger partial charge in [-0.15, -0.1) is 29.7 Å². The Hall–Kier alpha value is -1.46. The molecule has 0 aliphatic heterocycles. The molecule has 2 saturated carbocycles. The quantitative estimate of drug-likeness (QED) is 0.251. The van der Waals surface area contributed by atoms with Crippen molar-refractivity contribution in [3.05, 3.63) is 95.1 Å². The van der Waals surface area contributed by atoms with Crippen molar-refractivity contribution in [2.75, 3.05) is 0 Å². The topological polar surface area (TPSA) is 0 Å². The SMILES string of the molecule is C1CCCC1.C1CCCC1.CC[C-]=C(CC)C(=[C-]C1=C(c2ccccc2)CC1)c1ccccc1.[Zr+4]. The molecule has 0 radical (unpaired) electrons. The minimum absolute atomic E-state index is 0. The maximum Gasteiger partial charge on any atom is 4.00 e. The van der Waals surface area contributed by atoms with E-state index in [4.69, 9.17) is 0 Å². The molecule has 2 aromatic carbocycles. The molecule has 3 aliphatic carbocycles. The van der Waals surface area contributed by atoms with Crippen LogP contribution in [0.1, 0.15) is 115 Å². The third kappa shape index (κ3) is 10.2. The summed E-state index contributed by atoms with van der Waals surface area (Å²) in [6, 6.07) is 21.3. The Morgan fingerprint density at radius 2 is 1.14 bits per heavy atom. The normalized spacial score (nSPS) is 17.4. The van der Waals surface area contributed by atoms with Crippen molar-refractivity contribution in [3.8, 4) is 0 Å². The molecule has 1 heteroatoms. The zero-order chi connectivity index (χ0) is 23.8. The molecule has 0 bridgehead atoms. The summed E-state index contributed by atoms with van der Waals surface area (Å²) in [5, 5.41) is 0. The molecule has 35 heavy (non-hydrogen) atoms. The van der Waals surface area contributed by atoms with Crippen molar-refractivity contribution in [1.29, 1.82) is 0 Å². The van der Waals surface area contributed by atoms with Crippen LogP contribution in [0.5, 0.6) is 0 Å². The predicted molar refractivity (Wildman–Crippen MR) is 149 cm³/mol. The third-order valence-electron chi connectivity index (χ3n) is 7.00. The molecule has 0 amide bonds. The Morgan fingerprint density at radius 3 is 1.54 bits per heavy atom. The smallest absolute Gasteiger partial charge is 0.324 e. The van der Waals surface area contributed by atoms with E-state index in [0.29, 0.717) is 0 Å². The van der Waals surface area contributed by atoms with Crippen LogP contribution in [-0.2, 0) is 26.2 Å². The second-order valence-electron chi connectivity index (χ2n) is 9.59. The minimum atomic E-state index is 0. The predicted octanol–water partition coefficient (Wildman–Crippen LogP) is 10.6. The molecule has 3 aliphatic rings. The average Bonchev–Trinajstić information content (AvgIpc) is 3.64. The van der Waals surface area contributed by atoms with Crippen molar-refractivity contribution in [2.24, 2.45) is 0 Å². The summed E-state index contributed by atoms with van der Waals surface area (Å²) in [7, 11) is 0. The first-order valence-electron chi connectivity index (χ1n) is 13.9. The first-order valence-corrected chi connectivity index (χ1v) is 13.9. The van der Waals surface area contributed by atoms with Gasteiger partial charge in [0.2, 0.25) is 0 Å². The van der Waals surface area contributed by atoms with E-state index in [1.807, 2.05) is 0 Å². The maximum atomic E-state index is 3.75. The van der Waals surface area contributed by atoms with E-state index in [1.54, 1.807) is 0 Å². The second kappa shape index (κ2) is 17.9. The van der Waals surface area contributed by atoms with Gasteiger partial charge in [0, 0.05) is 0 Å². The zero-order valence-electron chi connectivity index (χ0n) is 22.2. The monoisotopic (exact) mass is 542 g/mol. The van der Waals surface area contributed by atoms with Crippen molar-refractivity contribution >= 4 is 11.1 Å². The largest absolute Gasteiger partial charge is 4.00 e. The molecule has 0 heterocycles. The van der Waals surface area contributed by atoms with E-state index in [9.17, 15) is 0 Å². The number of allylic oxidation sites excluding steroid dienone is 6. The van der Waals surface area contributed by atoms with Gasteiger partial charge in [-0.3, -0.25) is 11.1 Å². The second-order valence-corrected chi connectivity index (χ2v) is 9.59. The van der Waals surface area contributed by atoms with Crippen LogP contribution in [0.25, 0.3) is 11.1 Å². The van der Waals surface area contributed by atoms with Crippen LogP contribution >= 0.6 is 0 Å². The summed E-state index contributed by atoms with van der Waals surface area (Å²) in [4.78, 5) is 0. The summed E-state index contributed by atoms with van der Waals surface area (Å²) in [6.07, 6.45) is 26.5. The van der Waals surface area contributed by atoms with Crippen molar-refractivity contribution < 1.29 is 26.2 Å². The van der Waals surface area contributed by atoms with Crippen LogP contribution in [0.2, 0.25) is 0 Å². The van der Waals surface area contributed by atoms with Gasteiger partial charge in [0.05, 0.1) is 0 Å². The molecule has 0 saturated heterocycles. The van der Waals surface area contributed by atoms with Crippen LogP contribution in [0.3, 0.4) is 0 Å². The van der Waals surface area contributed by atoms with E-state index in [0.717, 1.165) is 25.7 Å². The van der Waals surface area contributed by atoms with Crippen LogP contribution in [0.15, 0.2) is 71.8 Å². The molecule has 5 rings (SSSR count). The van der Waals surface area contributed by atoms with Crippen LogP contribution in [0, 0.1) is 12.2 Å². The number of hydrogen-bond donors (Lipinski definition) is 0. The van der Waals surface area contributed by atoms with Crippen molar-refractivity contribution in [2.45, 2.75) is 104 Å². The van der Waals surface area contributed by atoms with Gasteiger partial charge in [0.25, 0.3) is 0 Å². The van der Waals surface area contributed by atoms with Gasteiger partial charge in [-0.2, -0.15) is 5.56 Å². The van der Waals surface area contributed by atoms with E-state index in [1.165, 1.54) is 97.6 Å². The molecule has 0 aromatic heterocycles. The Kier molecular flexibility index (Phi) is 15.2. The fraction of sp³-hybridized carbons (Fsp3) is 0.471. The number of benzene rings is 2. The molecule has 0 spiro atoms. The summed E-state index contributed by atoms with van der Waals surface area (Å²) >= 11 is 0. The standard InChI is InChI=1S/C24H24.2C5H10.Zr/c1-3-11-19(4-2)24(21-14-9-6-10-15-21)18-22-16-17-23(22)20-12-7-5-8-13-20;2*1-2-4-5-3-1;/h5-10,12-15H,3-4,16-17H2,1-2H3;2*1-5H2;/q-2;;;+4. The van der Waals surface area contributed by atoms with Gasteiger partial charge in [-0.05, 0) is 0 Å². The molecule has 0 unspecified atom stereocenters. The van der Waals surface area contributed by atoms with E-state index >= 15 is 0 Å². The van der Waals surface area contributed by atoms with Gasteiger partial charge in [-0.1, -0.05) is 151 Å². The first kappa shape index (κ1) is 29.8. The number of rotatable bonds is 6. The van der Waals surface area contributed by atoms with Gasteiger partial charge in [0.15, 0.2) is 0 Å². The minimum Gasteiger partial charge on any atom is -0.324 e. The van der Waals surface area contributed by atoms with Gasteiger partial charge < -0.3 is 6.08 Å². The summed E-state index contributed by atoms with van der Waals surface area (Å²) in [6.45, 7) is 4.35. The van der Waals surface area contributed by atoms with Gasteiger partial charge >= 0.3 is 26.2 Å². The molecule has 0 N–H and O–H groups in total. The Bertz CT molecular complexity index is 884. The Balaban J connectivity index is 0.000000324. The van der Waals surface area contributed by atoms with Crippen molar-refractivity contribution in [1.82, 2.24) is 0 Å². The number of hydrogen-bond acceptors (Lipinski definition) is 0. The summed E-state index contributed by atoms with van der Waals surface area (Å²) < 4.78 is 0. The molecular weight excluding hydrogens is 500 g/mol. The third-order valence-corrected chi connectivity index (χ3v) is 7.00.